The SMILES string of the molecule is Cc1sc2ncnc(NCCNc3ccccn3)c2c1C. The lowest BCUT2D eigenvalue weighted by Gasteiger charge is -2.08. The van der Waals surface area contributed by atoms with Gasteiger partial charge < -0.3 is 10.6 Å². The van der Waals surface area contributed by atoms with Gasteiger partial charge in [-0.15, -0.1) is 11.3 Å². The van der Waals surface area contributed by atoms with Gasteiger partial charge in [-0.05, 0) is 31.5 Å². The van der Waals surface area contributed by atoms with Crippen LogP contribution in [0.15, 0.2) is 30.7 Å². The molecule has 21 heavy (non-hydrogen) atoms. The van der Waals surface area contributed by atoms with Crippen LogP contribution in [0.1, 0.15) is 10.4 Å². The largest absolute Gasteiger partial charge is 0.368 e. The third-order valence-electron chi connectivity index (χ3n) is 3.35. The number of anilines is 2. The molecule has 0 aromatic carbocycles. The second-order valence-electron chi connectivity index (χ2n) is 4.75. The molecule has 0 saturated carbocycles. The van der Waals surface area contributed by atoms with Crippen LogP contribution in [0.2, 0.25) is 0 Å². The number of hydrogen-bond acceptors (Lipinski definition) is 6. The molecule has 0 aliphatic rings. The maximum atomic E-state index is 4.37. The van der Waals surface area contributed by atoms with E-state index in [0.717, 1.165) is 34.9 Å². The molecular weight excluding hydrogens is 282 g/mol. The van der Waals surface area contributed by atoms with Crippen molar-refractivity contribution in [2.24, 2.45) is 0 Å². The number of thiophene rings is 1. The molecule has 0 atom stereocenters. The standard InChI is InChI=1S/C15H17N5S/c1-10-11(2)21-15-13(10)14(19-9-20-15)18-8-7-17-12-5-3-4-6-16-12/h3-6,9H,7-8H2,1-2H3,(H,16,17)(H,18,19,20). The Morgan fingerprint density at radius 1 is 1.05 bits per heavy atom. The average Bonchev–Trinajstić information content (AvgIpc) is 2.80. The summed E-state index contributed by atoms with van der Waals surface area (Å²) < 4.78 is 0. The summed E-state index contributed by atoms with van der Waals surface area (Å²) >= 11 is 1.71. The van der Waals surface area contributed by atoms with Gasteiger partial charge in [0.05, 0.1) is 5.39 Å². The molecule has 0 unspecified atom stereocenters. The fourth-order valence-electron chi connectivity index (χ4n) is 2.16. The molecule has 5 nitrogen and oxygen atoms in total. The van der Waals surface area contributed by atoms with Gasteiger partial charge in [-0.2, -0.15) is 0 Å². The zero-order valence-corrected chi connectivity index (χ0v) is 12.9. The first kappa shape index (κ1) is 13.8. The predicted octanol–water partition coefficient (Wildman–Crippen LogP) is 3.23. The van der Waals surface area contributed by atoms with Crippen LogP contribution in [0.25, 0.3) is 10.2 Å². The van der Waals surface area contributed by atoms with Gasteiger partial charge in [-0.25, -0.2) is 15.0 Å². The molecule has 3 aromatic rings. The van der Waals surface area contributed by atoms with E-state index in [-0.39, 0.29) is 0 Å². The quantitative estimate of drug-likeness (QED) is 0.708. The van der Waals surface area contributed by atoms with Crippen molar-refractivity contribution < 1.29 is 0 Å². The number of rotatable bonds is 5. The maximum Gasteiger partial charge on any atom is 0.138 e. The second kappa shape index (κ2) is 6.05. The zero-order valence-electron chi connectivity index (χ0n) is 12.1. The molecule has 0 fully saturated rings. The van der Waals surface area contributed by atoms with Crippen LogP contribution in [-0.4, -0.2) is 28.0 Å². The van der Waals surface area contributed by atoms with Crippen molar-refractivity contribution in [1.29, 1.82) is 0 Å². The molecule has 0 saturated heterocycles. The fourth-order valence-corrected chi connectivity index (χ4v) is 3.15. The number of aryl methyl sites for hydroxylation is 2. The summed E-state index contributed by atoms with van der Waals surface area (Å²) in [5.41, 5.74) is 1.26. The summed E-state index contributed by atoms with van der Waals surface area (Å²) in [6.07, 6.45) is 3.40. The lowest BCUT2D eigenvalue weighted by Crippen LogP contribution is -2.15. The van der Waals surface area contributed by atoms with Crippen LogP contribution in [0.3, 0.4) is 0 Å². The van der Waals surface area contributed by atoms with E-state index in [4.69, 9.17) is 0 Å². The normalized spacial score (nSPS) is 10.8. The molecule has 0 aliphatic carbocycles. The van der Waals surface area contributed by atoms with E-state index >= 15 is 0 Å². The minimum atomic E-state index is 0.775. The number of pyridine rings is 1. The fraction of sp³-hybridized carbons (Fsp3) is 0.267. The van der Waals surface area contributed by atoms with Crippen LogP contribution in [0, 0.1) is 13.8 Å². The molecule has 0 amide bonds. The number of fused-ring (bicyclic) bond motifs is 1. The van der Waals surface area contributed by atoms with E-state index < -0.39 is 0 Å². The number of hydrogen-bond donors (Lipinski definition) is 2. The Bertz CT molecular complexity index is 738. The average molecular weight is 299 g/mol. The third-order valence-corrected chi connectivity index (χ3v) is 4.47. The zero-order chi connectivity index (χ0) is 14.7. The van der Waals surface area contributed by atoms with Crippen LogP contribution < -0.4 is 10.6 Å². The monoisotopic (exact) mass is 299 g/mol. The summed E-state index contributed by atoms with van der Waals surface area (Å²) in [4.78, 5) is 15.3. The van der Waals surface area contributed by atoms with E-state index in [1.165, 1.54) is 10.4 Å². The van der Waals surface area contributed by atoms with Crippen molar-refractivity contribution >= 4 is 33.2 Å². The first-order valence-corrected chi connectivity index (χ1v) is 7.67. The maximum absolute atomic E-state index is 4.37. The Balaban J connectivity index is 1.66. The lowest BCUT2D eigenvalue weighted by molar-refractivity contribution is 1.04. The van der Waals surface area contributed by atoms with Gasteiger partial charge in [0.15, 0.2) is 0 Å². The molecule has 108 valence electrons. The smallest absolute Gasteiger partial charge is 0.138 e. The van der Waals surface area contributed by atoms with E-state index in [9.17, 15) is 0 Å². The molecule has 0 bridgehead atoms. The molecule has 0 aliphatic heterocycles. The molecule has 3 rings (SSSR count). The van der Waals surface area contributed by atoms with Crippen LogP contribution in [-0.2, 0) is 0 Å². The Labute approximate surface area is 127 Å². The van der Waals surface area contributed by atoms with Crippen LogP contribution in [0.4, 0.5) is 11.6 Å². The van der Waals surface area contributed by atoms with Gasteiger partial charge >= 0.3 is 0 Å². The molecule has 0 spiro atoms. The van der Waals surface area contributed by atoms with Crippen molar-refractivity contribution in [3.8, 4) is 0 Å². The second-order valence-corrected chi connectivity index (χ2v) is 5.96. The molecule has 6 heteroatoms. The Morgan fingerprint density at radius 3 is 2.71 bits per heavy atom. The van der Waals surface area contributed by atoms with Gasteiger partial charge in [0.25, 0.3) is 0 Å². The van der Waals surface area contributed by atoms with Crippen LogP contribution >= 0.6 is 11.3 Å². The van der Waals surface area contributed by atoms with E-state index in [1.807, 2.05) is 18.2 Å². The lowest BCUT2D eigenvalue weighted by atomic mass is 10.2. The van der Waals surface area contributed by atoms with E-state index in [2.05, 4.69) is 39.4 Å². The third kappa shape index (κ3) is 2.95. The molecule has 0 radical (unpaired) electrons. The number of nitrogens with zero attached hydrogens (tertiary/aromatic N) is 3. The number of aromatic nitrogens is 3. The van der Waals surface area contributed by atoms with E-state index in [1.54, 1.807) is 23.9 Å². The Morgan fingerprint density at radius 2 is 1.90 bits per heavy atom. The van der Waals surface area contributed by atoms with Gasteiger partial charge in [-0.1, -0.05) is 6.07 Å². The number of nitrogens with one attached hydrogen (secondary N) is 2. The Kier molecular flexibility index (Phi) is 3.96. The van der Waals surface area contributed by atoms with Crippen molar-refractivity contribution in [3.63, 3.8) is 0 Å². The highest BCUT2D eigenvalue weighted by Crippen LogP contribution is 2.32. The molecule has 3 heterocycles. The van der Waals surface area contributed by atoms with Crippen molar-refractivity contribution in [3.05, 3.63) is 41.2 Å². The van der Waals surface area contributed by atoms with E-state index in [0.29, 0.717) is 0 Å². The summed E-state index contributed by atoms with van der Waals surface area (Å²) in [6, 6.07) is 5.83. The minimum absolute atomic E-state index is 0.775. The predicted molar refractivity (Wildman–Crippen MR) is 88.1 cm³/mol. The van der Waals surface area contributed by atoms with Crippen molar-refractivity contribution in [2.75, 3.05) is 23.7 Å². The van der Waals surface area contributed by atoms with Crippen LogP contribution in [0.5, 0.6) is 0 Å². The van der Waals surface area contributed by atoms with Gasteiger partial charge in [-0.3, -0.25) is 0 Å². The molecular formula is C15H17N5S. The highest BCUT2D eigenvalue weighted by atomic mass is 32.1. The molecule has 2 N–H and O–H groups in total. The highest BCUT2D eigenvalue weighted by molar-refractivity contribution is 7.18. The van der Waals surface area contributed by atoms with Gasteiger partial charge in [0.2, 0.25) is 0 Å². The van der Waals surface area contributed by atoms with Gasteiger partial charge in [0, 0.05) is 24.2 Å². The summed E-state index contributed by atoms with van der Waals surface area (Å²) in [6.45, 7) is 5.80. The highest BCUT2D eigenvalue weighted by Gasteiger charge is 2.11. The first-order chi connectivity index (χ1) is 10.3. The topological polar surface area (TPSA) is 62.7 Å². The van der Waals surface area contributed by atoms with Crippen molar-refractivity contribution in [1.82, 2.24) is 15.0 Å². The van der Waals surface area contributed by atoms with Crippen molar-refractivity contribution in [2.45, 2.75) is 13.8 Å². The summed E-state index contributed by atoms with van der Waals surface area (Å²) in [5.74, 6) is 1.79. The van der Waals surface area contributed by atoms with Gasteiger partial charge in [0.1, 0.15) is 22.8 Å². The summed E-state index contributed by atoms with van der Waals surface area (Å²) in [5, 5.41) is 7.78. The minimum Gasteiger partial charge on any atom is -0.368 e. The molecule has 3 aromatic heterocycles. The first-order valence-electron chi connectivity index (χ1n) is 6.85. The summed E-state index contributed by atoms with van der Waals surface area (Å²) in [7, 11) is 0. The Hall–Kier alpha value is -2.21.